The summed E-state index contributed by atoms with van der Waals surface area (Å²) in [6.07, 6.45) is 7.01. The molecule has 1 aromatic heterocycles. The highest BCUT2D eigenvalue weighted by molar-refractivity contribution is 7.91. The average Bonchev–Trinajstić information content (AvgIpc) is 2.88. The lowest BCUT2D eigenvalue weighted by Crippen LogP contribution is -2.29. The summed E-state index contributed by atoms with van der Waals surface area (Å²) in [5, 5.41) is 10.1. The van der Waals surface area contributed by atoms with Gasteiger partial charge in [-0.2, -0.15) is 0 Å². The first-order chi connectivity index (χ1) is 8.99. The van der Waals surface area contributed by atoms with Crippen LogP contribution in [0.15, 0.2) is 27.8 Å². The SMILES string of the molecule is O=C(O)c1csc(S(=O)(=O)NCC2CC=CCC2)c1. The number of allylic oxidation sites excluding steroid dienone is 2. The molecule has 19 heavy (non-hydrogen) atoms. The van der Waals surface area contributed by atoms with Crippen molar-refractivity contribution >= 4 is 27.3 Å². The number of sulfonamides is 1. The molecule has 7 heteroatoms. The van der Waals surface area contributed by atoms with Crippen molar-refractivity contribution in [2.45, 2.75) is 23.5 Å². The normalized spacial score (nSPS) is 19.5. The molecule has 0 saturated carbocycles. The highest BCUT2D eigenvalue weighted by Crippen LogP contribution is 2.22. The standard InChI is InChI=1S/C12H15NO4S2/c14-12(15)10-6-11(18-8-10)19(16,17)13-7-9-4-2-1-3-5-9/h1-2,6,8-9,13H,3-5,7H2,(H,14,15). The van der Waals surface area contributed by atoms with Crippen LogP contribution in [0.25, 0.3) is 0 Å². The Bertz CT molecular complexity index is 589. The van der Waals surface area contributed by atoms with Gasteiger partial charge in [-0.25, -0.2) is 17.9 Å². The summed E-state index contributed by atoms with van der Waals surface area (Å²) in [6.45, 7) is 0.396. The van der Waals surface area contributed by atoms with Crippen molar-refractivity contribution in [3.63, 3.8) is 0 Å². The number of carboxylic acid groups (broad SMARTS) is 1. The molecule has 104 valence electrons. The van der Waals surface area contributed by atoms with E-state index < -0.39 is 16.0 Å². The van der Waals surface area contributed by atoms with Gasteiger partial charge in [0.2, 0.25) is 10.0 Å². The molecule has 0 aliphatic heterocycles. The zero-order chi connectivity index (χ0) is 13.9. The molecule has 0 spiro atoms. The maximum Gasteiger partial charge on any atom is 0.336 e. The third-order valence-corrected chi connectivity index (χ3v) is 5.89. The Morgan fingerprint density at radius 2 is 2.26 bits per heavy atom. The Balaban J connectivity index is 2.01. The van der Waals surface area contributed by atoms with Crippen molar-refractivity contribution in [3.05, 3.63) is 29.2 Å². The quantitative estimate of drug-likeness (QED) is 0.816. The molecule has 1 heterocycles. The molecule has 5 nitrogen and oxygen atoms in total. The molecule has 2 rings (SSSR count). The first kappa shape index (κ1) is 14.2. The van der Waals surface area contributed by atoms with Crippen LogP contribution in [0.5, 0.6) is 0 Å². The number of hydrogen-bond donors (Lipinski definition) is 2. The summed E-state index contributed by atoms with van der Waals surface area (Å²) < 4.78 is 26.6. The van der Waals surface area contributed by atoms with Crippen LogP contribution >= 0.6 is 11.3 Å². The predicted molar refractivity (Wildman–Crippen MR) is 72.9 cm³/mol. The van der Waals surface area contributed by atoms with E-state index in [1.54, 1.807) is 0 Å². The molecule has 1 aromatic rings. The van der Waals surface area contributed by atoms with Gasteiger partial charge in [-0.1, -0.05) is 12.2 Å². The van der Waals surface area contributed by atoms with E-state index in [9.17, 15) is 13.2 Å². The zero-order valence-corrected chi connectivity index (χ0v) is 11.8. The lowest BCUT2D eigenvalue weighted by atomic mass is 9.95. The highest BCUT2D eigenvalue weighted by Gasteiger charge is 2.20. The van der Waals surface area contributed by atoms with E-state index in [0.717, 1.165) is 30.6 Å². The van der Waals surface area contributed by atoms with Crippen molar-refractivity contribution in [1.29, 1.82) is 0 Å². The topological polar surface area (TPSA) is 83.5 Å². The molecule has 0 aromatic carbocycles. The van der Waals surface area contributed by atoms with Crippen LogP contribution in [0.2, 0.25) is 0 Å². The molecular weight excluding hydrogens is 286 g/mol. The van der Waals surface area contributed by atoms with Gasteiger partial charge in [0.1, 0.15) is 4.21 Å². The van der Waals surface area contributed by atoms with Crippen LogP contribution in [0.3, 0.4) is 0 Å². The summed E-state index contributed by atoms with van der Waals surface area (Å²) in [5.74, 6) is -0.797. The minimum atomic E-state index is -3.59. The summed E-state index contributed by atoms with van der Waals surface area (Å²) in [7, 11) is -3.59. The van der Waals surface area contributed by atoms with Gasteiger partial charge >= 0.3 is 5.97 Å². The Labute approximate surface area is 116 Å². The molecule has 0 fully saturated rings. The second kappa shape index (κ2) is 5.85. The third-order valence-electron chi connectivity index (χ3n) is 3.03. The number of carboxylic acids is 1. The maximum atomic E-state index is 12.0. The fourth-order valence-corrected chi connectivity index (χ4v) is 4.22. The van der Waals surface area contributed by atoms with E-state index in [0.29, 0.717) is 12.5 Å². The van der Waals surface area contributed by atoms with Gasteiger partial charge in [0.15, 0.2) is 0 Å². The third kappa shape index (κ3) is 3.65. The molecule has 0 radical (unpaired) electrons. The van der Waals surface area contributed by atoms with E-state index in [4.69, 9.17) is 5.11 Å². The van der Waals surface area contributed by atoms with Crippen molar-refractivity contribution in [2.75, 3.05) is 6.54 Å². The number of rotatable bonds is 5. The van der Waals surface area contributed by atoms with Gasteiger partial charge in [0.25, 0.3) is 0 Å². The summed E-state index contributed by atoms with van der Waals surface area (Å²) >= 11 is 0.926. The van der Waals surface area contributed by atoms with Crippen LogP contribution < -0.4 is 4.72 Å². The fraction of sp³-hybridized carbons (Fsp3) is 0.417. The number of nitrogens with one attached hydrogen (secondary N) is 1. The number of aromatic carboxylic acids is 1. The number of hydrogen-bond acceptors (Lipinski definition) is 4. The minimum Gasteiger partial charge on any atom is -0.478 e. The first-order valence-corrected chi connectivity index (χ1v) is 8.32. The van der Waals surface area contributed by atoms with E-state index >= 15 is 0 Å². The van der Waals surface area contributed by atoms with Crippen molar-refractivity contribution in [1.82, 2.24) is 4.72 Å². The summed E-state index contributed by atoms with van der Waals surface area (Å²) in [6, 6.07) is 1.19. The second-order valence-electron chi connectivity index (χ2n) is 4.46. The molecule has 0 bridgehead atoms. The fourth-order valence-electron chi connectivity index (χ4n) is 1.91. The maximum absolute atomic E-state index is 12.0. The molecule has 0 amide bonds. The zero-order valence-electron chi connectivity index (χ0n) is 10.2. The Morgan fingerprint density at radius 3 is 2.84 bits per heavy atom. The molecule has 0 saturated heterocycles. The van der Waals surface area contributed by atoms with Crippen LogP contribution in [0.4, 0.5) is 0 Å². The second-order valence-corrected chi connectivity index (χ2v) is 7.37. The minimum absolute atomic E-state index is 0.00553. The van der Waals surface area contributed by atoms with E-state index in [-0.39, 0.29) is 9.77 Å². The van der Waals surface area contributed by atoms with Crippen LogP contribution in [0, 0.1) is 5.92 Å². The van der Waals surface area contributed by atoms with Crippen molar-refractivity contribution in [2.24, 2.45) is 5.92 Å². The lowest BCUT2D eigenvalue weighted by molar-refractivity contribution is 0.0697. The van der Waals surface area contributed by atoms with Crippen LogP contribution in [-0.4, -0.2) is 26.0 Å². The van der Waals surface area contributed by atoms with Gasteiger partial charge in [0.05, 0.1) is 5.56 Å². The predicted octanol–water partition coefficient (Wildman–Crippen LogP) is 2.08. The monoisotopic (exact) mass is 301 g/mol. The average molecular weight is 301 g/mol. The van der Waals surface area contributed by atoms with Crippen LogP contribution in [-0.2, 0) is 10.0 Å². The van der Waals surface area contributed by atoms with E-state index in [2.05, 4.69) is 16.9 Å². The molecule has 1 aliphatic rings. The Hall–Kier alpha value is -1.18. The van der Waals surface area contributed by atoms with Crippen LogP contribution in [0.1, 0.15) is 29.6 Å². The molecule has 1 unspecified atom stereocenters. The van der Waals surface area contributed by atoms with Gasteiger partial charge in [0, 0.05) is 11.9 Å². The summed E-state index contributed by atoms with van der Waals surface area (Å²) in [4.78, 5) is 10.7. The first-order valence-electron chi connectivity index (χ1n) is 5.95. The smallest absolute Gasteiger partial charge is 0.336 e. The number of thiophene rings is 1. The Kier molecular flexibility index (Phi) is 4.38. The van der Waals surface area contributed by atoms with Gasteiger partial charge in [-0.05, 0) is 31.2 Å². The molecular formula is C12H15NO4S2. The lowest BCUT2D eigenvalue weighted by Gasteiger charge is -2.17. The van der Waals surface area contributed by atoms with E-state index in [1.807, 2.05) is 0 Å². The molecule has 1 atom stereocenters. The van der Waals surface area contributed by atoms with Crippen molar-refractivity contribution < 1.29 is 18.3 Å². The van der Waals surface area contributed by atoms with Gasteiger partial charge in [-0.3, -0.25) is 0 Å². The van der Waals surface area contributed by atoms with Crippen molar-refractivity contribution in [3.8, 4) is 0 Å². The summed E-state index contributed by atoms with van der Waals surface area (Å²) in [5.41, 5.74) is 0.00553. The molecule has 1 aliphatic carbocycles. The van der Waals surface area contributed by atoms with E-state index in [1.165, 1.54) is 11.4 Å². The Morgan fingerprint density at radius 1 is 1.47 bits per heavy atom. The van der Waals surface area contributed by atoms with Gasteiger partial charge < -0.3 is 5.11 Å². The largest absolute Gasteiger partial charge is 0.478 e. The molecule has 2 N–H and O–H groups in total. The highest BCUT2D eigenvalue weighted by atomic mass is 32.2. The van der Waals surface area contributed by atoms with Gasteiger partial charge in [-0.15, -0.1) is 11.3 Å². The number of carbonyl (C=O) groups is 1.